The monoisotopic (exact) mass is 370 g/mol. The maximum Gasteiger partial charge on any atom is 0.0108 e. The average molecular weight is 372 g/mol. The van der Waals surface area contributed by atoms with Crippen molar-refractivity contribution >= 4 is 23.8 Å². The van der Waals surface area contributed by atoms with Gasteiger partial charge in [0, 0.05) is 6.38 Å². The van der Waals surface area contributed by atoms with Gasteiger partial charge in [0.2, 0.25) is 0 Å². The van der Waals surface area contributed by atoms with E-state index in [4.69, 9.17) is 0 Å². The minimum absolute atomic E-state index is 0.542. The number of hydrogen-bond donors (Lipinski definition) is 0. The van der Waals surface area contributed by atoms with Crippen molar-refractivity contribution in [3.05, 3.63) is 82.9 Å². The number of fused-ring (bicyclic) bond motifs is 2. The van der Waals surface area contributed by atoms with Crippen LogP contribution in [-0.4, -0.2) is 6.38 Å². The van der Waals surface area contributed by atoms with Crippen LogP contribution >= 0.6 is 11.6 Å². The third-order valence-corrected chi connectivity index (χ3v) is 8.20. The first-order valence-corrected chi connectivity index (χ1v) is 10.7. The van der Waals surface area contributed by atoms with Crippen molar-refractivity contribution in [2.75, 3.05) is 6.38 Å². The van der Waals surface area contributed by atoms with Gasteiger partial charge in [-0.05, 0) is 0 Å². The van der Waals surface area contributed by atoms with Gasteiger partial charge in [-0.2, -0.15) is 0 Å². The maximum absolute atomic E-state index is 4.64. The van der Waals surface area contributed by atoms with Crippen LogP contribution in [0.1, 0.15) is 29.5 Å². The fraction of sp³-hybridized carbons (Fsp3) is 0.158. The average Bonchev–Trinajstić information content (AvgIpc) is 3.15. The van der Waals surface area contributed by atoms with Gasteiger partial charge in [0.15, 0.2) is 0 Å². The van der Waals surface area contributed by atoms with Crippen LogP contribution in [0.25, 0.3) is 12.2 Å². The zero-order valence-electron chi connectivity index (χ0n) is 12.0. The fourth-order valence-electron chi connectivity index (χ4n) is 2.98. The zero-order chi connectivity index (χ0) is 14.7. The third kappa shape index (κ3) is 3.00. The molecule has 2 heteroatoms. The first-order chi connectivity index (χ1) is 10.4. The summed E-state index contributed by atoms with van der Waals surface area (Å²) in [6.45, 7) is 0. The van der Waals surface area contributed by atoms with Crippen molar-refractivity contribution in [3.63, 3.8) is 0 Å². The standard InChI is InChI=1S/2C9H7.CH3Cl.Zr/c2*1-2-5-9-7-3-6-8(9)4-1;1-2;/h2*1-7H;1H3;. The molecule has 2 unspecified atom stereocenters. The van der Waals surface area contributed by atoms with Crippen LogP contribution in [0.15, 0.2) is 60.7 Å². The molecule has 0 bridgehead atoms. The van der Waals surface area contributed by atoms with E-state index in [2.05, 4.69) is 84.4 Å². The van der Waals surface area contributed by atoms with Gasteiger partial charge in [-0.1, -0.05) is 0 Å². The summed E-state index contributed by atoms with van der Waals surface area (Å²) in [4.78, 5) is 0. The Labute approximate surface area is 143 Å². The molecule has 0 heterocycles. The molecule has 21 heavy (non-hydrogen) atoms. The summed E-state index contributed by atoms with van der Waals surface area (Å²) in [6, 6.07) is 17.7. The van der Waals surface area contributed by atoms with E-state index < -0.39 is 23.2 Å². The van der Waals surface area contributed by atoms with Crippen LogP contribution in [0, 0.1) is 0 Å². The largest absolute Gasteiger partial charge is 0.130 e. The minimum Gasteiger partial charge on any atom is -0.130 e. The van der Waals surface area contributed by atoms with E-state index >= 15 is 0 Å². The summed E-state index contributed by atoms with van der Waals surface area (Å²) in [5.41, 5.74) is 5.99. The van der Waals surface area contributed by atoms with Crippen molar-refractivity contribution in [1.82, 2.24) is 0 Å². The van der Waals surface area contributed by atoms with Crippen LogP contribution in [-0.2, 0) is 23.2 Å². The van der Waals surface area contributed by atoms with Crippen LogP contribution < -0.4 is 0 Å². The predicted molar refractivity (Wildman–Crippen MR) is 88.2 cm³/mol. The van der Waals surface area contributed by atoms with Crippen LogP contribution in [0.5, 0.6) is 0 Å². The summed E-state index contributed by atoms with van der Waals surface area (Å²) >= 11 is 4.10. The second-order valence-electron chi connectivity index (χ2n) is 5.10. The third-order valence-electron chi connectivity index (χ3n) is 3.96. The number of alkyl halides is 1. The normalized spacial score (nSPS) is 20.5. The smallest absolute Gasteiger partial charge is 0.0108 e. The zero-order valence-corrected chi connectivity index (χ0v) is 15.2. The van der Waals surface area contributed by atoms with Gasteiger partial charge in [0.1, 0.15) is 0 Å². The van der Waals surface area contributed by atoms with E-state index in [-0.39, 0.29) is 0 Å². The van der Waals surface area contributed by atoms with E-state index in [9.17, 15) is 0 Å². The summed E-state index contributed by atoms with van der Waals surface area (Å²) in [7, 11) is 0. The topological polar surface area (TPSA) is 0 Å². The van der Waals surface area contributed by atoms with Gasteiger partial charge >= 0.3 is 126 Å². The maximum atomic E-state index is 4.64. The quantitative estimate of drug-likeness (QED) is 0.615. The summed E-state index contributed by atoms with van der Waals surface area (Å²) in [5.74, 6) is 0. The van der Waals surface area contributed by atoms with E-state index in [0.29, 0.717) is 0 Å². The van der Waals surface area contributed by atoms with E-state index in [1.165, 1.54) is 17.5 Å². The Bertz CT molecular complexity index is 628. The Balaban J connectivity index is 0.000000636. The number of allylic oxidation sites excluding steroid dienone is 2. The molecule has 0 radical (unpaired) electrons. The summed E-state index contributed by atoms with van der Waals surface area (Å²) < 4.78 is 1.47. The molecule has 0 aromatic heterocycles. The molecule has 0 N–H and O–H groups in total. The van der Waals surface area contributed by atoms with E-state index in [1.54, 1.807) is 11.1 Å². The molecule has 0 amide bonds. The molecule has 0 spiro atoms. The number of rotatable bonds is 2. The number of benzene rings is 2. The second-order valence-corrected chi connectivity index (χ2v) is 8.98. The van der Waals surface area contributed by atoms with Gasteiger partial charge in [0.05, 0.1) is 0 Å². The molecular weight excluding hydrogens is 355 g/mol. The Hall–Kier alpha value is -0.907. The Morgan fingerprint density at radius 2 is 1.14 bits per heavy atom. The van der Waals surface area contributed by atoms with Gasteiger partial charge in [-0.15, -0.1) is 11.6 Å². The van der Waals surface area contributed by atoms with Crippen molar-refractivity contribution in [1.29, 1.82) is 0 Å². The van der Waals surface area contributed by atoms with Gasteiger partial charge in [-0.25, -0.2) is 0 Å². The van der Waals surface area contributed by atoms with Crippen LogP contribution in [0.4, 0.5) is 0 Å². The first-order valence-electron chi connectivity index (χ1n) is 7.10. The molecular formula is C19H17ClZr. The van der Waals surface area contributed by atoms with E-state index in [0.717, 1.165) is 7.25 Å². The predicted octanol–water partition coefficient (Wildman–Crippen LogP) is 5.46. The Kier molecular flexibility index (Phi) is 4.93. The summed E-state index contributed by atoms with van der Waals surface area (Å²) in [5, 5.41) is 0. The molecule has 0 nitrogen and oxygen atoms in total. The molecule has 0 saturated heterocycles. The Morgan fingerprint density at radius 1 is 0.714 bits per heavy atom. The van der Waals surface area contributed by atoms with Crippen molar-refractivity contribution in [3.8, 4) is 0 Å². The molecule has 2 aromatic carbocycles. The van der Waals surface area contributed by atoms with Crippen molar-refractivity contribution in [2.24, 2.45) is 0 Å². The molecule has 2 aliphatic rings. The van der Waals surface area contributed by atoms with Crippen LogP contribution in [0.3, 0.4) is 0 Å². The minimum atomic E-state index is -0.542. The Morgan fingerprint density at radius 3 is 1.62 bits per heavy atom. The molecule has 0 aliphatic heterocycles. The molecule has 2 aromatic rings. The molecule has 0 fully saturated rings. The van der Waals surface area contributed by atoms with Crippen molar-refractivity contribution < 1.29 is 23.2 Å². The molecule has 4 rings (SSSR count). The molecule has 104 valence electrons. The van der Waals surface area contributed by atoms with Crippen LogP contribution in [0.2, 0.25) is 0 Å². The van der Waals surface area contributed by atoms with E-state index in [1.807, 2.05) is 0 Å². The van der Waals surface area contributed by atoms with Gasteiger partial charge in [-0.3, -0.25) is 0 Å². The molecule has 2 atom stereocenters. The number of halogens is 1. The molecule has 0 saturated carbocycles. The molecule has 2 aliphatic carbocycles. The van der Waals surface area contributed by atoms with Gasteiger partial charge in [0.25, 0.3) is 0 Å². The van der Waals surface area contributed by atoms with Crippen molar-refractivity contribution in [2.45, 2.75) is 7.25 Å². The fourth-order valence-corrected chi connectivity index (χ4v) is 7.13. The first kappa shape index (κ1) is 15.0. The number of hydrogen-bond acceptors (Lipinski definition) is 0. The summed E-state index contributed by atoms with van der Waals surface area (Å²) in [6.07, 6.45) is 11.0. The SMILES string of the molecule is C1=C[CH]([Zr][CH]2C=Cc3ccccc32)c2ccccc21.CCl. The second kappa shape index (κ2) is 6.90. The van der Waals surface area contributed by atoms with Gasteiger partial charge < -0.3 is 0 Å².